The maximum atomic E-state index is 12.7. The second-order valence-electron chi connectivity index (χ2n) is 6.73. The number of rotatable bonds is 6. The predicted octanol–water partition coefficient (Wildman–Crippen LogP) is 2.19. The summed E-state index contributed by atoms with van der Waals surface area (Å²) in [6.07, 6.45) is 0. The summed E-state index contributed by atoms with van der Waals surface area (Å²) in [5.41, 5.74) is 2.65. The Morgan fingerprint density at radius 1 is 1.11 bits per heavy atom. The molecule has 7 heteroatoms. The van der Waals surface area contributed by atoms with E-state index in [-0.39, 0.29) is 5.91 Å². The van der Waals surface area contributed by atoms with Gasteiger partial charge in [-0.05, 0) is 38.1 Å². The molecule has 1 aliphatic heterocycles. The maximum Gasteiger partial charge on any atom is 0.274 e. The van der Waals surface area contributed by atoms with Crippen molar-refractivity contribution in [2.24, 2.45) is 0 Å². The molecule has 0 unspecified atom stereocenters. The molecule has 7 nitrogen and oxygen atoms in total. The normalized spacial score (nSPS) is 15.0. The summed E-state index contributed by atoms with van der Waals surface area (Å²) < 4.78 is 12.7. The zero-order valence-electron chi connectivity index (χ0n) is 16.6. The van der Waals surface area contributed by atoms with E-state index in [4.69, 9.17) is 9.47 Å². The molecule has 3 rings (SSSR count). The van der Waals surface area contributed by atoms with Crippen molar-refractivity contribution >= 4 is 5.91 Å². The number of carbonyl (C=O) groups excluding carboxylic acids is 1. The highest BCUT2D eigenvalue weighted by atomic mass is 16.5. The Hall–Kier alpha value is -2.54. The number of ether oxygens (including phenoxy) is 2. The van der Waals surface area contributed by atoms with E-state index in [1.54, 1.807) is 14.2 Å². The van der Waals surface area contributed by atoms with Gasteiger partial charge in [0, 0.05) is 50.5 Å². The third kappa shape index (κ3) is 4.24. The van der Waals surface area contributed by atoms with Crippen molar-refractivity contribution in [3.63, 3.8) is 0 Å². The molecule has 0 N–H and O–H groups in total. The number of hydrogen-bond acceptors (Lipinski definition) is 5. The van der Waals surface area contributed by atoms with E-state index in [1.165, 1.54) is 0 Å². The van der Waals surface area contributed by atoms with Crippen LogP contribution in [0.25, 0.3) is 0 Å². The third-order valence-electron chi connectivity index (χ3n) is 5.04. The van der Waals surface area contributed by atoms with Gasteiger partial charge in [0.1, 0.15) is 11.5 Å². The lowest BCUT2D eigenvalue weighted by molar-refractivity contribution is 0.0621. The molecule has 27 heavy (non-hydrogen) atoms. The number of amides is 1. The van der Waals surface area contributed by atoms with E-state index in [9.17, 15) is 4.79 Å². The number of piperazine rings is 1. The number of aromatic nitrogens is 2. The van der Waals surface area contributed by atoms with E-state index >= 15 is 0 Å². The molecule has 1 aliphatic rings. The first-order valence-corrected chi connectivity index (χ1v) is 9.32. The van der Waals surface area contributed by atoms with Crippen LogP contribution in [0.3, 0.4) is 0 Å². The molecule has 0 radical (unpaired) electrons. The van der Waals surface area contributed by atoms with Crippen LogP contribution in [0.2, 0.25) is 0 Å². The molecule has 1 aromatic heterocycles. The number of carbonyl (C=O) groups is 1. The molecule has 0 atom stereocenters. The largest absolute Gasteiger partial charge is 0.497 e. The van der Waals surface area contributed by atoms with Crippen molar-refractivity contribution in [3.8, 4) is 11.5 Å². The summed E-state index contributed by atoms with van der Waals surface area (Å²) in [5, 5.41) is 4.41. The highest BCUT2D eigenvalue weighted by Crippen LogP contribution is 2.25. The molecular weight excluding hydrogens is 344 g/mol. The summed E-state index contributed by atoms with van der Waals surface area (Å²) in [4.78, 5) is 16.9. The average molecular weight is 372 g/mol. The summed E-state index contributed by atoms with van der Waals surface area (Å²) in [6.45, 7) is 8.58. The molecule has 2 heterocycles. The molecule has 0 saturated carbocycles. The summed E-state index contributed by atoms with van der Waals surface area (Å²) >= 11 is 0. The Morgan fingerprint density at radius 3 is 2.44 bits per heavy atom. The van der Waals surface area contributed by atoms with E-state index < -0.39 is 0 Å². The summed E-state index contributed by atoms with van der Waals surface area (Å²) in [5.74, 6) is 1.69. The van der Waals surface area contributed by atoms with Crippen LogP contribution in [-0.4, -0.2) is 65.9 Å². The van der Waals surface area contributed by atoms with E-state index in [2.05, 4.69) is 10.00 Å². The number of hydrogen-bond donors (Lipinski definition) is 0. The summed E-state index contributed by atoms with van der Waals surface area (Å²) in [7, 11) is 3.34. The molecular formula is C20H28N4O3. The second kappa shape index (κ2) is 8.43. The van der Waals surface area contributed by atoms with Gasteiger partial charge in [0.2, 0.25) is 0 Å². The molecule has 2 aromatic rings. The quantitative estimate of drug-likeness (QED) is 0.778. The van der Waals surface area contributed by atoms with E-state index in [0.717, 1.165) is 48.9 Å². The lowest BCUT2D eigenvalue weighted by Gasteiger charge is -2.34. The van der Waals surface area contributed by atoms with Crippen LogP contribution in [0.5, 0.6) is 11.5 Å². The van der Waals surface area contributed by atoms with Crippen LogP contribution in [0, 0.1) is 6.92 Å². The van der Waals surface area contributed by atoms with Crippen molar-refractivity contribution in [1.29, 1.82) is 0 Å². The molecule has 1 fully saturated rings. The van der Waals surface area contributed by atoms with Crippen LogP contribution in [-0.2, 0) is 13.1 Å². The number of methoxy groups -OCH3 is 2. The van der Waals surface area contributed by atoms with Gasteiger partial charge in [-0.2, -0.15) is 5.10 Å². The molecule has 1 amide bonds. The molecule has 1 aromatic carbocycles. The van der Waals surface area contributed by atoms with Crippen molar-refractivity contribution in [3.05, 3.63) is 41.2 Å². The van der Waals surface area contributed by atoms with Crippen LogP contribution in [0.15, 0.2) is 24.3 Å². The second-order valence-corrected chi connectivity index (χ2v) is 6.73. The first-order valence-electron chi connectivity index (χ1n) is 9.32. The van der Waals surface area contributed by atoms with Gasteiger partial charge in [-0.1, -0.05) is 0 Å². The molecule has 0 spiro atoms. The number of nitrogens with zero attached hydrogens (tertiary/aromatic N) is 4. The highest BCUT2D eigenvalue weighted by Gasteiger charge is 2.24. The van der Waals surface area contributed by atoms with Crippen molar-refractivity contribution in [2.45, 2.75) is 26.9 Å². The smallest absolute Gasteiger partial charge is 0.274 e. The zero-order valence-corrected chi connectivity index (χ0v) is 16.6. The van der Waals surface area contributed by atoms with Crippen molar-refractivity contribution in [1.82, 2.24) is 19.6 Å². The average Bonchev–Trinajstić information content (AvgIpc) is 3.08. The minimum Gasteiger partial charge on any atom is -0.497 e. The van der Waals surface area contributed by atoms with Gasteiger partial charge >= 0.3 is 0 Å². The summed E-state index contributed by atoms with van der Waals surface area (Å²) in [6, 6.07) is 7.71. The fraction of sp³-hybridized carbons (Fsp3) is 0.500. The Balaban J connectivity index is 1.61. The fourth-order valence-corrected chi connectivity index (χ4v) is 3.45. The van der Waals surface area contributed by atoms with Gasteiger partial charge in [0.05, 0.1) is 14.2 Å². The monoisotopic (exact) mass is 372 g/mol. The molecule has 1 saturated heterocycles. The molecule has 146 valence electrons. The number of aryl methyl sites for hydroxylation is 2. The van der Waals surface area contributed by atoms with Gasteiger partial charge in [-0.15, -0.1) is 0 Å². The Morgan fingerprint density at radius 2 is 1.85 bits per heavy atom. The topological polar surface area (TPSA) is 59.8 Å². The Labute approximate surface area is 160 Å². The van der Waals surface area contributed by atoms with Gasteiger partial charge in [-0.25, -0.2) is 0 Å². The van der Waals surface area contributed by atoms with Gasteiger partial charge < -0.3 is 14.4 Å². The van der Waals surface area contributed by atoms with Gasteiger partial charge in [0.15, 0.2) is 5.69 Å². The highest BCUT2D eigenvalue weighted by molar-refractivity contribution is 5.92. The SMILES string of the molecule is CCn1nc(C(=O)N2CCN(Cc3cc(OC)ccc3OC)CC2)cc1C. The van der Waals surface area contributed by atoms with Gasteiger partial charge in [-0.3, -0.25) is 14.4 Å². The van der Waals surface area contributed by atoms with Crippen molar-refractivity contribution in [2.75, 3.05) is 40.4 Å². The minimum atomic E-state index is 0.0175. The zero-order chi connectivity index (χ0) is 19.4. The van der Waals surface area contributed by atoms with Crippen LogP contribution >= 0.6 is 0 Å². The molecule has 0 bridgehead atoms. The first kappa shape index (κ1) is 19.2. The Bertz CT molecular complexity index is 795. The standard InChI is InChI=1S/C20H28N4O3/c1-5-24-15(2)12-18(21-24)20(25)23-10-8-22(9-11-23)14-16-13-17(26-3)6-7-19(16)27-4/h6-7,12-13H,5,8-11,14H2,1-4H3. The van der Waals surface area contributed by atoms with Crippen molar-refractivity contribution < 1.29 is 14.3 Å². The van der Waals surface area contributed by atoms with E-state index in [1.807, 2.05) is 47.7 Å². The van der Waals surface area contributed by atoms with E-state index in [0.29, 0.717) is 18.8 Å². The molecule has 0 aliphatic carbocycles. The van der Waals surface area contributed by atoms with Crippen LogP contribution in [0.1, 0.15) is 28.7 Å². The lowest BCUT2D eigenvalue weighted by Crippen LogP contribution is -2.48. The first-order chi connectivity index (χ1) is 13.0. The lowest BCUT2D eigenvalue weighted by atomic mass is 10.1. The van der Waals surface area contributed by atoms with Crippen LogP contribution < -0.4 is 9.47 Å². The number of benzene rings is 1. The maximum absolute atomic E-state index is 12.7. The third-order valence-corrected chi connectivity index (χ3v) is 5.04. The minimum absolute atomic E-state index is 0.0175. The van der Waals surface area contributed by atoms with Gasteiger partial charge in [0.25, 0.3) is 5.91 Å². The fourth-order valence-electron chi connectivity index (χ4n) is 3.45. The van der Waals surface area contributed by atoms with Crippen LogP contribution in [0.4, 0.5) is 0 Å². The Kier molecular flexibility index (Phi) is 6.01. The predicted molar refractivity (Wildman–Crippen MR) is 103 cm³/mol.